The van der Waals surface area contributed by atoms with E-state index in [2.05, 4.69) is 0 Å². The maximum absolute atomic E-state index is 11.3. The zero-order valence-electron chi connectivity index (χ0n) is 9.45. The van der Waals surface area contributed by atoms with E-state index >= 15 is 0 Å². The molecule has 1 aromatic heterocycles. The Bertz CT molecular complexity index is 329. The molecule has 4 heteroatoms. The summed E-state index contributed by atoms with van der Waals surface area (Å²) in [6, 6.07) is 1.87. The van der Waals surface area contributed by atoms with Crippen molar-refractivity contribution in [2.75, 3.05) is 19.0 Å². The van der Waals surface area contributed by atoms with Crippen LogP contribution in [-0.2, 0) is 4.74 Å². The average molecular weight is 227 g/mol. The summed E-state index contributed by atoms with van der Waals surface area (Å²) in [6.45, 7) is 7.32. The van der Waals surface area contributed by atoms with Gasteiger partial charge in [0, 0.05) is 35.8 Å². The van der Waals surface area contributed by atoms with E-state index in [1.165, 1.54) is 4.90 Å². The van der Waals surface area contributed by atoms with Gasteiger partial charge in [-0.2, -0.15) is 4.73 Å². The molecule has 0 aliphatic carbocycles. The third-order valence-corrected chi connectivity index (χ3v) is 3.42. The lowest BCUT2D eigenvalue weighted by Crippen LogP contribution is -2.30. The predicted octanol–water partition coefficient (Wildman–Crippen LogP) is 2.07. The van der Waals surface area contributed by atoms with Crippen LogP contribution in [0.4, 0.5) is 0 Å². The zero-order chi connectivity index (χ0) is 11.3. The summed E-state index contributed by atoms with van der Waals surface area (Å²) in [5.41, 5.74) is 1.84. The fraction of sp³-hybridized carbons (Fsp3) is 0.545. The predicted molar refractivity (Wildman–Crippen MR) is 62.1 cm³/mol. The summed E-state index contributed by atoms with van der Waals surface area (Å²) in [7, 11) is 0. The zero-order valence-corrected chi connectivity index (χ0v) is 10.3. The first-order valence-corrected chi connectivity index (χ1v) is 6.05. The first-order valence-electron chi connectivity index (χ1n) is 5.06. The molecule has 0 spiro atoms. The van der Waals surface area contributed by atoms with Crippen molar-refractivity contribution in [3.05, 3.63) is 28.7 Å². The van der Waals surface area contributed by atoms with Crippen molar-refractivity contribution in [2.24, 2.45) is 0 Å². The molecule has 0 fully saturated rings. The fourth-order valence-electron chi connectivity index (χ4n) is 1.23. The van der Waals surface area contributed by atoms with Crippen LogP contribution in [-0.4, -0.2) is 19.0 Å². The highest BCUT2D eigenvalue weighted by atomic mass is 32.2. The molecule has 0 aliphatic rings. The number of aromatic nitrogens is 1. The number of hydrogen-bond donors (Lipinski definition) is 0. The molecule has 0 saturated heterocycles. The van der Waals surface area contributed by atoms with Crippen LogP contribution in [0.1, 0.15) is 18.2 Å². The van der Waals surface area contributed by atoms with Crippen LogP contribution in [0, 0.1) is 19.1 Å². The lowest BCUT2D eigenvalue weighted by Gasteiger charge is -2.08. The SMILES string of the molecule is CCOCCSc1cc[n+]([O-])c(C)c1C. The average Bonchev–Trinajstić information content (AvgIpc) is 2.24. The minimum atomic E-state index is 0.756. The number of hydrogen-bond acceptors (Lipinski definition) is 3. The molecule has 15 heavy (non-hydrogen) atoms. The van der Waals surface area contributed by atoms with Crippen LogP contribution >= 0.6 is 11.8 Å². The van der Waals surface area contributed by atoms with Crippen molar-refractivity contribution in [3.63, 3.8) is 0 Å². The summed E-state index contributed by atoms with van der Waals surface area (Å²) in [6.07, 6.45) is 1.56. The summed E-state index contributed by atoms with van der Waals surface area (Å²) in [4.78, 5) is 1.17. The van der Waals surface area contributed by atoms with Crippen molar-refractivity contribution >= 4 is 11.8 Å². The van der Waals surface area contributed by atoms with Gasteiger partial charge in [0.1, 0.15) is 0 Å². The summed E-state index contributed by atoms with van der Waals surface area (Å²) >= 11 is 1.73. The van der Waals surface area contributed by atoms with Crippen molar-refractivity contribution in [1.82, 2.24) is 0 Å². The second-order valence-electron chi connectivity index (χ2n) is 3.26. The second kappa shape index (κ2) is 5.98. The minimum absolute atomic E-state index is 0.756. The van der Waals surface area contributed by atoms with E-state index in [-0.39, 0.29) is 0 Å². The molecule has 0 bridgehead atoms. The van der Waals surface area contributed by atoms with Crippen LogP contribution in [0.25, 0.3) is 0 Å². The normalized spacial score (nSPS) is 10.6. The van der Waals surface area contributed by atoms with Gasteiger partial charge >= 0.3 is 0 Å². The molecule has 1 rings (SSSR count). The van der Waals surface area contributed by atoms with Crippen molar-refractivity contribution in [3.8, 4) is 0 Å². The smallest absolute Gasteiger partial charge is 0.193 e. The Morgan fingerprint density at radius 3 is 2.87 bits per heavy atom. The van der Waals surface area contributed by atoms with Gasteiger partial charge in [-0.1, -0.05) is 0 Å². The maximum Gasteiger partial charge on any atom is 0.193 e. The van der Waals surface area contributed by atoms with Gasteiger partial charge in [-0.25, -0.2) is 0 Å². The van der Waals surface area contributed by atoms with E-state index in [9.17, 15) is 5.21 Å². The van der Waals surface area contributed by atoms with Crippen LogP contribution in [0.15, 0.2) is 17.2 Å². The number of thioether (sulfide) groups is 1. The fourth-order valence-corrected chi connectivity index (χ4v) is 2.17. The lowest BCUT2D eigenvalue weighted by molar-refractivity contribution is -0.613. The monoisotopic (exact) mass is 227 g/mol. The van der Waals surface area contributed by atoms with Crippen LogP contribution in [0.5, 0.6) is 0 Å². The third kappa shape index (κ3) is 3.39. The molecular weight excluding hydrogens is 210 g/mol. The van der Waals surface area contributed by atoms with Crippen LogP contribution in [0.2, 0.25) is 0 Å². The van der Waals surface area contributed by atoms with Gasteiger partial charge in [-0.3, -0.25) is 0 Å². The molecule has 1 heterocycles. The van der Waals surface area contributed by atoms with Gasteiger partial charge in [0.25, 0.3) is 0 Å². The third-order valence-electron chi connectivity index (χ3n) is 2.29. The standard InChI is InChI=1S/C11H17NO2S/c1-4-14-7-8-15-11-5-6-12(13)10(3)9(11)2/h5-6H,4,7-8H2,1-3H3. The van der Waals surface area contributed by atoms with Crippen molar-refractivity contribution in [1.29, 1.82) is 0 Å². The Morgan fingerprint density at radius 2 is 2.20 bits per heavy atom. The molecule has 0 N–H and O–H groups in total. The van der Waals surface area contributed by atoms with E-state index in [1.807, 2.05) is 26.8 Å². The highest BCUT2D eigenvalue weighted by molar-refractivity contribution is 7.99. The van der Waals surface area contributed by atoms with Crippen LogP contribution < -0.4 is 4.73 Å². The molecule has 0 amide bonds. The van der Waals surface area contributed by atoms with Gasteiger partial charge in [0.05, 0.1) is 6.61 Å². The van der Waals surface area contributed by atoms with E-state index in [1.54, 1.807) is 18.0 Å². The van der Waals surface area contributed by atoms with E-state index in [4.69, 9.17) is 4.74 Å². The Morgan fingerprint density at radius 1 is 1.47 bits per heavy atom. The van der Waals surface area contributed by atoms with E-state index < -0.39 is 0 Å². The van der Waals surface area contributed by atoms with Crippen molar-refractivity contribution in [2.45, 2.75) is 25.7 Å². The van der Waals surface area contributed by atoms with E-state index in [0.29, 0.717) is 0 Å². The Labute approximate surface area is 95.0 Å². The molecule has 3 nitrogen and oxygen atoms in total. The number of rotatable bonds is 5. The molecule has 0 aromatic carbocycles. The first kappa shape index (κ1) is 12.3. The molecule has 0 atom stereocenters. The molecule has 1 aromatic rings. The number of nitrogens with zero attached hydrogens (tertiary/aromatic N) is 1. The topological polar surface area (TPSA) is 36.2 Å². The Kier molecular flexibility index (Phi) is 4.91. The summed E-state index contributed by atoms with van der Waals surface area (Å²) in [5.74, 6) is 0.928. The van der Waals surface area contributed by atoms with Crippen molar-refractivity contribution < 1.29 is 9.47 Å². The number of ether oxygens (including phenoxy) is 1. The lowest BCUT2D eigenvalue weighted by atomic mass is 10.2. The van der Waals surface area contributed by atoms with Gasteiger partial charge < -0.3 is 9.94 Å². The van der Waals surface area contributed by atoms with Crippen LogP contribution in [0.3, 0.4) is 0 Å². The first-order chi connectivity index (χ1) is 7.16. The van der Waals surface area contributed by atoms with Gasteiger partial charge in [0.15, 0.2) is 11.9 Å². The summed E-state index contributed by atoms with van der Waals surface area (Å²) < 4.78 is 6.17. The second-order valence-corrected chi connectivity index (χ2v) is 4.40. The van der Waals surface area contributed by atoms with E-state index in [0.717, 1.165) is 35.0 Å². The molecule has 0 aliphatic heterocycles. The maximum atomic E-state index is 11.3. The Hall–Kier alpha value is -0.740. The molecule has 0 radical (unpaired) electrons. The number of pyridine rings is 1. The largest absolute Gasteiger partial charge is 0.619 e. The Balaban J connectivity index is 2.58. The molecule has 0 unspecified atom stereocenters. The minimum Gasteiger partial charge on any atom is -0.619 e. The van der Waals surface area contributed by atoms with Gasteiger partial charge in [-0.15, -0.1) is 11.8 Å². The van der Waals surface area contributed by atoms with Gasteiger partial charge in [0.2, 0.25) is 0 Å². The van der Waals surface area contributed by atoms with Gasteiger partial charge in [-0.05, 0) is 13.8 Å². The quantitative estimate of drug-likeness (QED) is 0.334. The molecule has 84 valence electrons. The highest BCUT2D eigenvalue weighted by Gasteiger charge is 2.08. The molecule has 0 saturated carbocycles. The summed E-state index contributed by atoms with van der Waals surface area (Å²) in [5, 5.41) is 11.3. The highest BCUT2D eigenvalue weighted by Crippen LogP contribution is 2.22. The molecular formula is C11H17NO2S.